The molecule has 0 spiro atoms. The molecule has 0 saturated carbocycles. The number of nitrogens with one attached hydrogen (secondary N) is 2. The van der Waals surface area contributed by atoms with Gasteiger partial charge in [0.05, 0.1) is 28.1 Å². The van der Waals surface area contributed by atoms with Gasteiger partial charge in [-0.1, -0.05) is 0 Å². The van der Waals surface area contributed by atoms with Crippen molar-refractivity contribution in [3.8, 4) is 0 Å². The number of hydrogen-bond acceptors (Lipinski definition) is 6. The average Bonchev–Trinajstić information content (AvgIpc) is 3.28. The van der Waals surface area contributed by atoms with E-state index in [1.807, 2.05) is 25.5 Å². The van der Waals surface area contributed by atoms with Crippen molar-refractivity contribution in [3.63, 3.8) is 0 Å². The second-order valence-corrected chi connectivity index (χ2v) is 9.44. The Kier molecular flexibility index (Phi) is 5.69. The lowest BCUT2D eigenvalue weighted by atomic mass is 9.94. The summed E-state index contributed by atoms with van der Waals surface area (Å²) in [7, 11) is 0. The van der Waals surface area contributed by atoms with Crippen molar-refractivity contribution in [2.45, 2.75) is 45.8 Å². The number of carbonyl (C=O) groups is 2. The molecule has 1 atom stereocenters. The van der Waals surface area contributed by atoms with Crippen LogP contribution in [0.3, 0.4) is 0 Å². The lowest BCUT2D eigenvalue weighted by Gasteiger charge is -2.25. The molecule has 0 aromatic carbocycles. The van der Waals surface area contributed by atoms with E-state index in [0.29, 0.717) is 36.4 Å². The Hall–Kier alpha value is -2.95. The molecule has 164 valence electrons. The lowest BCUT2D eigenvalue weighted by Crippen LogP contribution is -2.37. The van der Waals surface area contributed by atoms with E-state index in [1.54, 1.807) is 29.3 Å². The number of halogens is 1. The highest BCUT2D eigenvalue weighted by atomic mass is 79.9. The quantitative estimate of drug-likeness (QED) is 0.581. The second-order valence-electron chi connectivity index (χ2n) is 8.52. The molecule has 31 heavy (non-hydrogen) atoms. The van der Waals surface area contributed by atoms with Crippen LogP contribution < -0.4 is 10.6 Å². The number of alkyl carbamates (subject to hydrolysis) is 1. The molecule has 0 bridgehead atoms. The number of fused-ring (bicyclic) bond motifs is 2. The van der Waals surface area contributed by atoms with Crippen molar-refractivity contribution in [3.05, 3.63) is 40.5 Å². The first kappa shape index (κ1) is 21.3. The highest BCUT2D eigenvalue weighted by molar-refractivity contribution is 9.10. The molecule has 2 amide bonds. The summed E-state index contributed by atoms with van der Waals surface area (Å²) < 4.78 is 9.53. The molecule has 10 nitrogen and oxygen atoms in total. The topological polar surface area (TPSA) is 115 Å². The fourth-order valence-corrected chi connectivity index (χ4v) is 3.83. The van der Waals surface area contributed by atoms with Gasteiger partial charge < -0.3 is 15.4 Å². The molecular formula is C20H24BrN7O3. The first-order valence-corrected chi connectivity index (χ1v) is 10.8. The molecule has 1 aliphatic rings. The standard InChI is InChI=1S/C20H24BrN7O3/c1-20(2,3)31-19(30)23-7-12-4-5-27-16(6-12)14(9-24-27)18(29)26-15-10-25-28-11-13(21)8-22-17(15)28/h8-12H,4-7H2,1-3H3,(H,23,30)(H,26,29). The number of anilines is 1. The molecule has 1 unspecified atom stereocenters. The van der Waals surface area contributed by atoms with E-state index in [0.717, 1.165) is 16.6 Å². The third kappa shape index (κ3) is 4.87. The number of aryl methyl sites for hydroxylation is 1. The van der Waals surface area contributed by atoms with Gasteiger partial charge in [-0.2, -0.15) is 10.2 Å². The minimum atomic E-state index is -0.538. The van der Waals surface area contributed by atoms with Crippen molar-refractivity contribution in [1.82, 2.24) is 29.7 Å². The Labute approximate surface area is 187 Å². The molecule has 11 heteroatoms. The zero-order valence-electron chi connectivity index (χ0n) is 17.6. The molecule has 1 aliphatic heterocycles. The highest BCUT2D eigenvalue weighted by Gasteiger charge is 2.26. The summed E-state index contributed by atoms with van der Waals surface area (Å²) in [5.41, 5.74) is 1.91. The van der Waals surface area contributed by atoms with Crippen LogP contribution in [0.5, 0.6) is 0 Å². The second kappa shape index (κ2) is 8.29. The maximum atomic E-state index is 13.0. The van der Waals surface area contributed by atoms with Gasteiger partial charge in [-0.25, -0.2) is 14.3 Å². The van der Waals surface area contributed by atoms with Crippen LogP contribution in [0.1, 0.15) is 43.2 Å². The maximum absolute atomic E-state index is 13.0. The van der Waals surface area contributed by atoms with Crippen molar-refractivity contribution in [1.29, 1.82) is 0 Å². The molecule has 0 aliphatic carbocycles. The number of nitrogens with zero attached hydrogens (tertiary/aromatic N) is 5. The van der Waals surface area contributed by atoms with Crippen LogP contribution in [0.2, 0.25) is 0 Å². The van der Waals surface area contributed by atoms with Gasteiger partial charge in [-0.3, -0.25) is 9.48 Å². The number of amides is 2. The van der Waals surface area contributed by atoms with E-state index in [2.05, 4.69) is 41.7 Å². The summed E-state index contributed by atoms with van der Waals surface area (Å²) in [5, 5.41) is 14.3. The van der Waals surface area contributed by atoms with Crippen LogP contribution in [-0.2, 0) is 17.7 Å². The van der Waals surface area contributed by atoms with E-state index in [-0.39, 0.29) is 11.8 Å². The summed E-state index contributed by atoms with van der Waals surface area (Å²) in [6.07, 6.45) is 7.63. The van der Waals surface area contributed by atoms with Crippen LogP contribution >= 0.6 is 15.9 Å². The van der Waals surface area contributed by atoms with Crippen molar-refractivity contribution in [2.24, 2.45) is 5.92 Å². The monoisotopic (exact) mass is 489 g/mol. The first-order chi connectivity index (χ1) is 14.7. The Morgan fingerprint density at radius 2 is 2.06 bits per heavy atom. The van der Waals surface area contributed by atoms with Crippen LogP contribution in [0, 0.1) is 5.92 Å². The van der Waals surface area contributed by atoms with Crippen LogP contribution in [0.25, 0.3) is 5.65 Å². The minimum Gasteiger partial charge on any atom is -0.444 e. The number of ether oxygens (including phenoxy) is 1. The van der Waals surface area contributed by atoms with Gasteiger partial charge in [0.2, 0.25) is 0 Å². The minimum absolute atomic E-state index is 0.194. The van der Waals surface area contributed by atoms with Gasteiger partial charge in [-0.05, 0) is 55.5 Å². The van der Waals surface area contributed by atoms with Crippen LogP contribution in [0.4, 0.5) is 10.5 Å². The average molecular weight is 490 g/mol. The number of hydrogen-bond donors (Lipinski definition) is 2. The van der Waals surface area contributed by atoms with Gasteiger partial charge >= 0.3 is 6.09 Å². The first-order valence-electron chi connectivity index (χ1n) is 10.0. The summed E-state index contributed by atoms with van der Waals surface area (Å²) in [6.45, 7) is 6.66. The SMILES string of the molecule is CC(C)(C)OC(=O)NCC1CCn2ncc(C(=O)Nc3cnn4cc(Br)cnc34)c2C1. The van der Waals surface area contributed by atoms with E-state index in [9.17, 15) is 9.59 Å². The normalized spacial score (nSPS) is 16.1. The summed E-state index contributed by atoms with van der Waals surface area (Å²) >= 11 is 3.35. The smallest absolute Gasteiger partial charge is 0.407 e. The Morgan fingerprint density at radius 3 is 2.84 bits per heavy atom. The van der Waals surface area contributed by atoms with Crippen molar-refractivity contribution in [2.75, 3.05) is 11.9 Å². The van der Waals surface area contributed by atoms with Gasteiger partial charge in [0.15, 0.2) is 5.65 Å². The zero-order chi connectivity index (χ0) is 22.2. The fraction of sp³-hybridized carbons (Fsp3) is 0.450. The Morgan fingerprint density at radius 1 is 1.26 bits per heavy atom. The van der Waals surface area contributed by atoms with Crippen LogP contribution in [0.15, 0.2) is 29.3 Å². The number of aromatic nitrogens is 5. The van der Waals surface area contributed by atoms with Gasteiger partial charge in [0.25, 0.3) is 5.91 Å². The maximum Gasteiger partial charge on any atom is 0.407 e. The number of rotatable bonds is 4. The summed E-state index contributed by atoms with van der Waals surface area (Å²) in [5.74, 6) is -0.0686. The molecule has 4 heterocycles. The fourth-order valence-electron chi connectivity index (χ4n) is 3.53. The third-order valence-electron chi connectivity index (χ3n) is 4.93. The summed E-state index contributed by atoms with van der Waals surface area (Å²) in [6, 6.07) is 0. The van der Waals surface area contributed by atoms with Gasteiger partial charge in [-0.15, -0.1) is 0 Å². The highest BCUT2D eigenvalue weighted by Crippen LogP contribution is 2.24. The van der Waals surface area contributed by atoms with E-state index in [4.69, 9.17) is 4.74 Å². The summed E-state index contributed by atoms with van der Waals surface area (Å²) in [4.78, 5) is 29.2. The molecule has 2 N–H and O–H groups in total. The van der Waals surface area contributed by atoms with E-state index in [1.165, 1.54) is 0 Å². The molecule has 3 aromatic rings. The van der Waals surface area contributed by atoms with E-state index >= 15 is 0 Å². The molecule has 0 saturated heterocycles. The van der Waals surface area contributed by atoms with Crippen molar-refractivity contribution < 1.29 is 14.3 Å². The predicted molar refractivity (Wildman–Crippen MR) is 117 cm³/mol. The van der Waals surface area contributed by atoms with Crippen LogP contribution in [-0.4, -0.2) is 48.5 Å². The molecular weight excluding hydrogens is 466 g/mol. The van der Waals surface area contributed by atoms with Gasteiger partial charge in [0, 0.05) is 25.5 Å². The molecule has 3 aromatic heterocycles. The zero-order valence-corrected chi connectivity index (χ0v) is 19.1. The third-order valence-corrected chi connectivity index (χ3v) is 5.34. The van der Waals surface area contributed by atoms with Crippen molar-refractivity contribution >= 4 is 39.3 Å². The molecule has 0 radical (unpaired) electrons. The lowest BCUT2D eigenvalue weighted by molar-refractivity contribution is 0.0516. The largest absolute Gasteiger partial charge is 0.444 e. The van der Waals surface area contributed by atoms with Gasteiger partial charge in [0.1, 0.15) is 11.3 Å². The Balaban J connectivity index is 1.43. The van der Waals surface area contributed by atoms with E-state index < -0.39 is 11.7 Å². The molecule has 0 fully saturated rings. The molecule has 4 rings (SSSR count). The number of carbonyl (C=O) groups excluding carboxylic acids is 2. The predicted octanol–water partition coefficient (Wildman–Crippen LogP) is 3.03. The Bertz CT molecular complexity index is 1130.